The van der Waals surface area contributed by atoms with E-state index in [9.17, 15) is 23.7 Å². The minimum Gasteiger partial charge on any atom is -0.487 e. The van der Waals surface area contributed by atoms with E-state index in [1.807, 2.05) is 4.90 Å². The third kappa shape index (κ3) is 8.94. The van der Waals surface area contributed by atoms with Crippen LogP contribution in [-0.2, 0) is 11.3 Å². The highest BCUT2D eigenvalue weighted by atomic mass is 35.5. The van der Waals surface area contributed by atoms with Gasteiger partial charge in [0.05, 0.1) is 23.1 Å². The minimum absolute atomic E-state index is 0.0475. The number of carbonyl (C=O) groups excluding carboxylic acids is 1. The second kappa shape index (κ2) is 15.4. The number of anilines is 1. The quantitative estimate of drug-likeness (QED) is 0.127. The molecule has 0 saturated carbocycles. The Morgan fingerprint density at radius 1 is 1.07 bits per heavy atom. The van der Waals surface area contributed by atoms with E-state index in [0.717, 1.165) is 5.69 Å². The van der Waals surface area contributed by atoms with Gasteiger partial charge in [0, 0.05) is 82.7 Å². The molecule has 1 amide bonds. The fraction of sp³-hybridized carbons (Fsp3) is 0.355. The lowest BCUT2D eigenvalue weighted by Gasteiger charge is -2.38. The number of guanidine groups is 1. The highest BCUT2D eigenvalue weighted by Gasteiger charge is 2.23. The van der Waals surface area contributed by atoms with Crippen LogP contribution in [-0.4, -0.2) is 80.0 Å². The maximum absolute atomic E-state index is 14.3. The molecule has 11 nitrogen and oxygen atoms in total. The van der Waals surface area contributed by atoms with Crippen LogP contribution in [0.3, 0.4) is 0 Å². The molecular formula is C31H35ClF2N6O5. The summed E-state index contributed by atoms with van der Waals surface area (Å²) >= 11 is 5.90. The van der Waals surface area contributed by atoms with Crippen molar-refractivity contribution >= 4 is 34.8 Å². The van der Waals surface area contributed by atoms with Crippen molar-refractivity contribution in [3.63, 3.8) is 0 Å². The van der Waals surface area contributed by atoms with Gasteiger partial charge in [0.1, 0.15) is 23.1 Å². The zero-order valence-electron chi connectivity index (χ0n) is 25.3. The molecule has 3 aromatic carbocycles. The first-order valence-corrected chi connectivity index (χ1v) is 14.7. The van der Waals surface area contributed by atoms with Crippen LogP contribution in [0.2, 0.25) is 5.02 Å². The summed E-state index contributed by atoms with van der Waals surface area (Å²) in [5, 5.41) is 14.6. The Morgan fingerprint density at radius 2 is 1.82 bits per heavy atom. The first-order valence-electron chi connectivity index (χ1n) is 14.4. The number of piperazine rings is 1. The topological polar surface area (TPSA) is 113 Å². The van der Waals surface area contributed by atoms with E-state index in [2.05, 4.69) is 10.2 Å². The Hall–Kier alpha value is -4.65. The molecule has 0 radical (unpaired) electrons. The first-order chi connectivity index (χ1) is 21.5. The number of carbonyl (C=O) groups is 1. The fourth-order valence-electron chi connectivity index (χ4n) is 4.67. The Kier molecular flexibility index (Phi) is 11.4. The number of amides is 1. The second-order valence-electron chi connectivity index (χ2n) is 10.4. The second-order valence-corrected chi connectivity index (χ2v) is 10.8. The van der Waals surface area contributed by atoms with Gasteiger partial charge in [-0.3, -0.25) is 14.9 Å². The normalized spacial score (nSPS) is 13.4. The molecule has 240 valence electrons. The van der Waals surface area contributed by atoms with Crippen molar-refractivity contribution in [2.45, 2.75) is 19.9 Å². The van der Waals surface area contributed by atoms with Gasteiger partial charge in [-0.15, -0.1) is 0 Å². The highest BCUT2D eigenvalue weighted by molar-refractivity contribution is 6.30. The smallest absolute Gasteiger partial charge is 0.311 e. The predicted octanol–water partition coefficient (Wildman–Crippen LogP) is 5.46. The zero-order valence-corrected chi connectivity index (χ0v) is 26.0. The molecule has 1 fully saturated rings. The number of ether oxygens (including phenoxy) is 2. The summed E-state index contributed by atoms with van der Waals surface area (Å²) in [6, 6.07) is 12.8. The van der Waals surface area contributed by atoms with E-state index in [1.54, 1.807) is 33.2 Å². The van der Waals surface area contributed by atoms with E-state index < -0.39 is 16.6 Å². The molecule has 45 heavy (non-hydrogen) atoms. The van der Waals surface area contributed by atoms with Crippen LogP contribution in [0.1, 0.15) is 18.9 Å². The number of nitrogens with one attached hydrogen (secondary N) is 1. The van der Waals surface area contributed by atoms with Crippen LogP contribution < -0.4 is 19.7 Å². The number of nitro benzene ring substituents is 1. The maximum atomic E-state index is 14.3. The zero-order chi connectivity index (χ0) is 32.5. The Balaban J connectivity index is 1.52. The Morgan fingerprint density at radius 3 is 2.49 bits per heavy atom. The fourth-order valence-corrected chi connectivity index (χ4v) is 4.84. The van der Waals surface area contributed by atoms with Crippen molar-refractivity contribution in [1.82, 2.24) is 15.1 Å². The summed E-state index contributed by atoms with van der Waals surface area (Å²) in [5.74, 6) is 0.257. The number of nitro groups is 1. The van der Waals surface area contributed by atoms with Crippen molar-refractivity contribution in [1.29, 1.82) is 0 Å². The van der Waals surface area contributed by atoms with E-state index in [0.29, 0.717) is 56.6 Å². The molecule has 0 spiro atoms. The molecule has 0 unspecified atom stereocenters. The Labute approximate surface area is 265 Å². The molecule has 0 bridgehead atoms. The third-order valence-corrected chi connectivity index (χ3v) is 7.34. The first kappa shape index (κ1) is 33.2. The van der Waals surface area contributed by atoms with Crippen LogP contribution in [0, 0.1) is 21.7 Å². The summed E-state index contributed by atoms with van der Waals surface area (Å²) in [4.78, 5) is 33.5. The molecule has 1 N–H and O–H groups in total. The number of halogens is 3. The van der Waals surface area contributed by atoms with E-state index in [1.165, 1.54) is 47.4 Å². The van der Waals surface area contributed by atoms with Gasteiger partial charge in [0.25, 0.3) is 0 Å². The maximum Gasteiger partial charge on any atom is 0.311 e. The molecule has 1 aliphatic rings. The monoisotopic (exact) mass is 644 g/mol. The van der Waals surface area contributed by atoms with Crippen LogP contribution >= 0.6 is 11.6 Å². The third-order valence-electron chi connectivity index (χ3n) is 7.05. The average Bonchev–Trinajstić information content (AvgIpc) is 3.01. The van der Waals surface area contributed by atoms with Gasteiger partial charge >= 0.3 is 5.69 Å². The number of hydrogen-bond acceptors (Lipinski definition) is 7. The lowest BCUT2D eigenvalue weighted by molar-refractivity contribution is -0.385. The molecule has 3 aromatic rings. The minimum atomic E-state index is -0.584. The van der Waals surface area contributed by atoms with E-state index in [-0.39, 0.29) is 41.1 Å². The lowest BCUT2D eigenvalue weighted by atomic mass is 10.2. The van der Waals surface area contributed by atoms with Crippen molar-refractivity contribution < 1.29 is 28.0 Å². The van der Waals surface area contributed by atoms with Gasteiger partial charge in [-0.1, -0.05) is 11.6 Å². The van der Waals surface area contributed by atoms with Crippen LogP contribution in [0.15, 0.2) is 59.6 Å². The molecular weight excluding hydrogens is 610 g/mol. The van der Waals surface area contributed by atoms with E-state index >= 15 is 0 Å². The van der Waals surface area contributed by atoms with Crippen molar-refractivity contribution in [3.05, 3.63) is 86.9 Å². The van der Waals surface area contributed by atoms with Crippen LogP contribution in [0.5, 0.6) is 17.2 Å². The predicted molar refractivity (Wildman–Crippen MR) is 168 cm³/mol. The van der Waals surface area contributed by atoms with Crippen molar-refractivity contribution in [2.24, 2.45) is 4.99 Å². The molecule has 0 aliphatic carbocycles. The summed E-state index contributed by atoms with van der Waals surface area (Å²) in [7, 11) is 3.37. The van der Waals surface area contributed by atoms with Crippen molar-refractivity contribution in [2.75, 3.05) is 58.3 Å². The molecule has 4 rings (SSSR count). The van der Waals surface area contributed by atoms with E-state index in [4.69, 9.17) is 26.1 Å². The number of aliphatic imine (C=N–C) groups is 1. The summed E-state index contributed by atoms with van der Waals surface area (Å²) in [6.07, 6.45) is 0.245. The van der Waals surface area contributed by atoms with Gasteiger partial charge in [-0.25, -0.2) is 13.8 Å². The molecule has 1 saturated heterocycles. The molecule has 0 atom stereocenters. The van der Waals surface area contributed by atoms with Gasteiger partial charge < -0.3 is 29.5 Å². The molecule has 1 heterocycles. The largest absolute Gasteiger partial charge is 0.487 e. The average molecular weight is 645 g/mol. The van der Waals surface area contributed by atoms with Gasteiger partial charge in [-0.05, 0) is 43.3 Å². The SMILES string of the molecule is CCOc1cc(N2CCN(C(=NCc3cc(F)ccc3Oc3ccc(F)c(Cl)c3)NCCC(=O)N(C)C)CC2)ccc1[N+](=O)[O-]. The molecule has 14 heteroatoms. The standard InChI is InChI=1S/C31H35ClF2N6O5/c1-4-44-29-18-23(6-9-27(29)40(42)43)38-13-15-39(16-14-38)31(35-12-11-30(41)37(2)3)36-20-21-17-22(33)5-10-28(21)45-24-7-8-26(34)25(32)19-24/h5-10,17-19H,4,11-16,20H2,1-3H3,(H,35,36). The molecule has 1 aliphatic heterocycles. The lowest BCUT2D eigenvalue weighted by Crippen LogP contribution is -2.53. The summed E-state index contributed by atoms with van der Waals surface area (Å²) in [5.41, 5.74) is 1.16. The number of nitrogens with zero attached hydrogens (tertiary/aromatic N) is 5. The van der Waals surface area contributed by atoms with Gasteiger partial charge in [0.2, 0.25) is 5.91 Å². The number of hydrogen-bond donors (Lipinski definition) is 1. The molecule has 0 aromatic heterocycles. The highest BCUT2D eigenvalue weighted by Crippen LogP contribution is 2.33. The van der Waals surface area contributed by atoms with Gasteiger partial charge in [-0.2, -0.15) is 0 Å². The number of benzene rings is 3. The Bertz CT molecular complexity index is 1550. The summed E-state index contributed by atoms with van der Waals surface area (Å²) in [6.45, 7) is 4.72. The number of rotatable bonds is 11. The van der Waals surface area contributed by atoms with Crippen LogP contribution in [0.25, 0.3) is 0 Å². The van der Waals surface area contributed by atoms with Crippen molar-refractivity contribution in [3.8, 4) is 17.2 Å². The van der Waals surface area contributed by atoms with Crippen LogP contribution in [0.4, 0.5) is 20.2 Å². The summed E-state index contributed by atoms with van der Waals surface area (Å²) < 4.78 is 39.4. The van der Waals surface area contributed by atoms with Gasteiger partial charge in [0.15, 0.2) is 11.7 Å².